The molecule has 0 bridgehead atoms. The predicted octanol–water partition coefficient (Wildman–Crippen LogP) is 4.39. The number of ketones is 1. The van der Waals surface area contributed by atoms with E-state index in [1.165, 1.54) is 18.1 Å². The number of imidazole rings is 1. The van der Waals surface area contributed by atoms with Crippen molar-refractivity contribution in [2.75, 3.05) is 18.6 Å². The Bertz CT molecular complexity index is 1680. The third kappa shape index (κ3) is 4.36. The molecule has 1 aromatic carbocycles. The number of hydrogen-bond acceptors (Lipinski definition) is 9. The lowest BCUT2D eigenvalue weighted by molar-refractivity contribution is -0.132. The van der Waals surface area contributed by atoms with Crippen LogP contribution in [0.4, 0.5) is 5.13 Å². The monoisotopic (exact) mass is 544 g/mol. The maximum Gasteiger partial charge on any atom is 0.350 e. The van der Waals surface area contributed by atoms with E-state index in [4.69, 9.17) is 9.47 Å². The number of aryl methyl sites for hydroxylation is 2. The van der Waals surface area contributed by atoms with E-state index in [0.29, 0.717) is 34.0 Å². The molecular formula is C28H24N4O6S. The van der Waals surface area contributed by atoms with Crippen LogP contribution in [0.3, 0.4) is 0 Å². The summed E-state index contributed by atoms with van der Waals surface area (Å²) in [5.41, 5.74) is 2.05. The normalized spacial score (nSPS) is 16.6. The van der Waals surface area contributed by atoms with Crippen LogP contribution in [0.15, 0.2) is 66.9 Å². The highest BCUT2D eigenvalue weighted by Gasteiger charge is 2.49. The zero-order chi connectivity index (χ0) is 27.8. The van der Waals surface area contributed by atoms with E-state index in [2.05, 4.69) is 16.5 Å². The molecule has 0 spiro atoms. The number of aromatic nitrogens is 3. The number of rotatable bonds is 7. The highest BCUT2D eigenvalue weighted by molar-refractivity contribution is 7.17. The summed E-state index contributed by atoms with van der Waals surface area (Å²) in [5, 5.41) is 11.7. The number of carbonyl (C=O) groups excluding carboxylic acids is 3. The van der Waals surface area contributed by atoms with Crippen LogP contribution < -0.4 is 9.64 Å². The molecule has 198 valence electrons. The number of amides is 1. The minimum absolute atomic E-state index is 0.0124. The Morgan fingerprint density at radius 1 is 1.15 bits per heavy atom. The molecule has 39 heavy (non-hydrogen) atoms. The molecule has 1 atom stereocenters. The summed E-state index contributed by atoms with van der Waals surface area (Å²) in [5.74, 6) is -2.29. The number of Topliss-reactive ketones (excluding diaryl/α,β-unsaturated/α-hetero) is 1. The molecule has 1 saturated heterocycles. The number of carbonyl (C=O) groups is 3. The third-order valence-electron chi connectivity index (χ3n) is 6.29. The van der Waals surface area contributed by atoms with Crippen LogP contribution in [0.5, 0.6) is 5.75 Å². The van der Waals surface area contributed by atoms with Gasteiger partial charge in [0.05, 0.1) is 30.1 Å². The van der Waals surface area contributed by atoms with Gasteiger partial charge in [0.2, 0.25) is 0 Å². The molecule has 10 nitrogen and oxygen atoms in total. The number of thiazole rings is 1. The number of benzene rings is 1. The van der Waals surface area contributed by atoms with Crippen molar-refractivity contribution in [2.24, 2.45) is 0 Å². The van der Waals surface area contributed by atoms with Gasteiger partial charge in [0.25, 0.3) is 5.78 Å². The maximum atomic E-state index is 13.6. The van der Waals surface area contributed by atoms with Crippen LogP contribution in [-0.2, 0) is 14.3 Å². The summed E-state index contributed by atoms with van der Waals surface area (Å²) in [6.07, 6.45) is 3.16. The minimum atomic E-state index is -1.06. The number of anilines is 1. The number of methoxy groups -OCH3 is 1. The molecule has 11 heteroatoms. The SMILES string of the molecule is C=CCOC(=O)c1sc(N2C(=O)C(=O)C(=C(O)c3c(C)nc4ccccn34)C2c2cccc(OC)c2)nc1C. The van der Waals surface area contributed by atoms with Crippen LogP contribution in [0.25, 0.3) is 11.4 Å². The number of nitrogens with zero attached hydrogens (tertiary/aromatic N) is 4. The molecule has 1 aliphatic heterocycles. The highest BCUT2D eigenvalue weighted by Crippen LogP contribution is 2.44. The van der Waals surface area contributed by atoms with E-state index in [1.54, 1.807) is 60.8 Å². The first-order valence-electron chi connectivity index (χ1n) is 11.9. The van der Waals surface area contributed by atoms with Gasteiger partial charge in [0.15, 0.2) is 10.9 Å². The molecule has 0 radical (unpaired) electrons. The van der Waals surface area contributed by atoms with Crippen molar-refractivity contribution >= 4 is 45.5 Å². The van der Waals surface area contributed by atoms with E-state index >= 15 is 0 Å². The van der Waals surface area contributed by atoms with Gasteiger partial charge in [-0.05, 0) is 43.7 Å². The predicted molar refractivity (Wildman–Crippen MR) is 145 cm³/mol. The first-order chi connectivity index (χ1) is 18.8. The quantitative estimate of drug-likeness (QED) is 0.120. The Labute approximate surface area is 227 Å². The molecule has 0 aliphatic carbocycles. The smallest absolute Gasteiger partial charge is 0.350 e. The molecule has 4 aromatic rings. The Hall–Kier alpha value is -4.77. The number of esters is 1. The largest absolute Gasteiger partial charge is 0.505 e. The minimum Gasteiger partial charge on any atom is -0.505 e. The maximum absolute atomic E-state index is 13.6. The molecule has 1 aliphatic rings. The van der Waals surface area contributed by atoms with Crippen molar-refractivity contribution in [3.63, 3.8) is 0 Å². The Morgan fingerprint density at radius 2 is 1.95 bits per heavy atom. The molecule has 4 heterocycles. The van der Waals surface area contributed by atoms with Crippen molar-refractivity contribution in [3.05, 3.63) is 94.4 Å². The second kappa shape index (κ2) is 10.2. The van der Waals surface area contributed by atoms with Crippen LogP contribution >= 0.6 is 11.3 Å². The second-order valence-corrected chi connectivity index (χ2v) is 9.70. The number of aliphatic hydroxyl groups excluding tert-OH is 1. The number of pyridine rings is 1. The van der Waals surface area contributed by atoms with Gasteiger partial charge < -0.3 is 14.6 Å². The molecule has 5 rings (SSSR count). The van der Waals surface area contributed by atoms with Crippen molar-refractivity contribution < 1.29 is 29.0 Å². The Kier molecular flexibility index (Phi) is 6.75. The fraction of sp³-hybridized carbons (Fsp3) is 0.179. The van der Waals surface area contributed by atoms with Crippen molar-refractivity contribution in [3.8, 4) is 5.75 Å². The summed E-state index contributed by atoms with van der Waals surface area (Å²) >= 11 is 0.926. The number of aliphatic hydroxyl groups is 1. The van der Waals surface area contributed by atoms with Gasteiger partial charge in [0, 0.05) is 6.20 Å². The van der Waals surface area contributed by atoms with Gasteiger partial charge in [-0.15, -0.1) is 0 Å². The van der Waals surface area contributed by atoms with E-state index in [9.17, 15) is 19.5 Å². The summed E-state index contributed by atoms with van der Waals surface area (Å²) < 4.78 is 12.2. The second-order valence-electron chi connectivity index (χ2n) is 8.72. The standard InChI is InChI=1S/C28H24N4O6S/c1-5-13-38-27(36)25-16(3)30-28(39-25)32-22(17-9-8-10-18(14-17)37-4)20(24(34)26(32)35)23(33)21-15(2)29-19-11-6-7-12-31(19)21/h5-12,14,22,33H,1,13H2,2-4H3. The summed E-state index contributed by atoms with van der Waals surface area (Å²) in [6.45, 7) is 6.88. The van der Waals surface area contributed by atoms with Gasteiger partial charge in [0.1, 0.15) is 28.6 Å². The van der Waals surface area contributed by atoms with Crippen molar-refractivity contribution in [1.29, 1.82) is 0 Å². The average molecular weight is 545 g/mol. The van der Waals surface area contributed by atoms with E-state index in [1.807, 2.05) is 6.07 Å². The summed E-state index contributed by atoms with van der Waals surface area (Å²) in [4.78, 5) is 50.0. The zero-order valence-electron chi connectivity index (χ0n) is 21.4. The first-order valence-corrected chi connectivity index (χ1v) is 12.7. The van der Waals surface area contributed by atoms with Crippen molar-refractivity contribution in [1.82, 2.24) is 14.4 Å². The number of hydrogen-bond donors (Lipinski definition) is 1. The van der Waals surface area contributed by atoms with Gasteiger partial charge in [-0.3, -0.25) is 18.9 Å². The molecule has 3 aromatic heterocycles. The molecule has 1 N–H and O–H groups in total. The van der Waals surface area contributed by atoms with E-state index < -0.39 is 23.7 Å². The fourth-order valence-electron chi connectivity index (χ4n) is 4.56. The van der Waals surface area contributed by atoms with E-state index in [0.717, 1.165) is 11.3 Å². The summed E-state index contributed by atoms with van der Waals surface area (Å²) in [6, 6.07) is 11.1. The zero-order valence-corrected chi connectivity index (χ0v) is 22.2. The van der Waals surface area contributed by atoms with Crippen LogP contribution in [0.2, 0.25) is 0 Å². The lowest BCUT2D eigenvalue weighted by Crippen LogP contribution is -2.29. The first kappa shape index (κ1) is 25.9. The topological polar surface area (TPSA) is 123 Å². The molecule has 0 saturated carbocycles. The van der Waals surface area contributed by atoms with Crippen LogP contribution in [0.1, 0.15) is 38.4 Å². The molecular weight excluding hydrogens is 520 g/mol. The number of fused-ring (bicyclic) bond motifs is 1. The number of ether oxygens (including phenoxy) is 2. The molecule has 1 fully saturated rings. The fourth-order valence-corrected chi connectivity index (χ4v) is 5.55. The van der Waals surface area contributed by atoms with Gasteiger partial charge >= 0.3 is 11.9 Å². The molecule has 1 unspecified atom stereocenters. The average Bonchev–Trinajstić information content (AvgIpc) is 3.57. The summed E-state index contributed by atoms with van der Waals surface area (Å²) in [7, 11) is 1.50. The third-order valence-corrected chi connectivity index (χ3v) is 7.43. The van der Waals surface area contributed by atoms with Gasteiger partial charge in [-0.2, -0.15) is 0 Å². The van der Waals surface area contributed by atoms with Gasteiger partial charge in [-0.25, -0.2) is 14.8 Å². The Morgan fingerprint density at radius 3 is 2.69 bits per heavy atom. The van der Waals surface area contributed by atoms with Crippen molar-refractivity contribution in [2.45, 2.75) is 19.9 Å². The van der Waals surface area contributed by atoms with Crippen LogP contribution in [-0.4, -0.2) is 50.9 Å². The van der Waals surface area contributed by atoms with E-state index in [-0.39, 0.29) is 27.9 Å². The lowest BCUT2D eigenvalue weighted by atomic mass is 9.96. The Balaban J connectivity index is 1.73. The van der Waals surface area contributed by atoms with Crippen LogP contribution in [0, 0.1) is 13.8 Å². The molecule has 1 amide bonds. The lowest BCUT2D eigenvalue weighted by Gasteiger charge is -2.23. The highest BCUT2D eigenvalue weighted by atomic mass is 32.1. The van der Waals surface area contributed by atoms with Gasteiger partial charge in [-0.1, -0.05) is 42.2 Å².